The van der Waals surface area contributed by atoms with Gasteiger partial charge in [0.15, 0.2) is 0 Å². The van der Waals surface area contributed by atoms with Crippen LogP contribution in [0.15, 0.2) is 53.7 Å². The van der Waals surface area contributed by atoms with Crippen LogP contribution >= 0.6 is 23.5 Å². The van der Waals surface area contributed by atoms with Crippen molar-refractivity contribution in [2.24, 2.45) is 0 Å². The van der Waals surface area contributed by atoms with Gasteiger partial charge in [-0.1, -0.05) is 17.7 Å². The van der Waals surface area contributed by atoms with Gasteiger partial charge in [-0.15, -0.1) is 0 Å². The van der Waals surface area contributed by atoms with E-state index in [0.29, 0.717) is 39.0 Å². The van der Waals surface area contributed by atoms with E-state index < -0.39 is 5.82 Å². The van der Waals surface area contributed by atoms with Crippen molar-refractivity contribution in [2.75, 3.05) is 11.8 Å². The molecule has 2 heterocycles. The minimum absolute atomic E-state index is 0.275. The van der Waals surface area contributed by atoms with Gasteiger partial charge in [-0.25, -0.2) is 9.37 Å². The number of benzene rings is 1. The highest BCUT2D eigenvalue weighted by atomic mass is 35.5. The van der Waals surface area contributed by atoms with Crippen LogP contribution in [-0.4, -0.2) is 23.4 Å². The number of hydrogen-bond donors (Lipinski definition) is 1. The van der Waals surface area contributed by atoms with Gasteiger partial charge in [0.1, 0.15) is 12.1 Å². The molecule has 0 spiro atoms. The van der Waals surface area contributed by atoms with Crippen LogP contribution in [0.2, 0.25) is 5.02 Å². The van der Waals surface area contributed by atoms with Gasteiger partial charge < -0.3 is 9.46 Å². The quantitative estimate of drug-likeness (QED) is 0.479. The summed E-state index contributed by atoms with van der Waals surface area (Å²) in [5.74, 6) is -0.0655. The number of rotatable bonds is 6. The molecule has 0 atom stereocenters. The van der Waals surface area contributed by atoms with E-state index in [2.05, 4.69) is 14.7 Å². The van der Waals surface area contributed by atoms with Gasteiger partial charge in [0.05, 0.1) is 22.7 Å². The molecular weight excluding hydrogens is 377 g/mol. The SMILES string of the molecule is COc1ncc(Cl)cc1SNc1ccnc(-c2ccc(C=O)cc2F)c1. The molecule has 132 valence electrons. The Morgan fingerprint density at radius 1 is 1.23 bits per heavy atom. The molecule has 1 N–H and O–H groups in total. The number of carbonyl (C=O) groups is 1. The van der Waals surface area contributed by atoms with Crippen molar-refractivity contribution in [1.82, 2.24) is 9.97 Å². The second-order valence-corrected chi connectivity index (χ2v) is 6.44. The summed E-state index contributed by atoms with van der Waals surface area (Å²) in [6.45, 7) is 0. The Bertz CT molecular complexity index is 955. The van der Waals surface area contributed by atoms with Crippen LogP contribution in [0.1, 0.15) is 10.4 Å². The lowest BCUT2D eigenvalue weighted by atomic mass is 10.1. The van der Waals surface area contributed by atoms with Gasteiger partial charge in [-0.05, 0) is 42.3 Å². The summed E-state index contributed by atoms with van der Waals surface area (Å²) in [6.07, 6.45) is 3.67. The van der Waals surface area contributed by atoms with Gasteiger partial charge in [-0.3, -0.25) is 9.78 Å². The average Bonchev–Trinajstić information content (AvgIpc) is 2.66. The van der Waals surface area contributed by atoms with Crippen molar-refractivity contribution in [3.63, 3.8) is 0 Å². The number of pyridine rings is 2. The number of anilines is 1. The number of aromatic nitrogens is 2. The number of hydrogen-bond acceptors (Lipinski definition) is 6. The first-order valence-electron chi connectivity index (χ1n) is 7.44. The van der Waals surface area contributed by atoms with E-state index in [0.717, 1.165) is 0 Å². The normalized spacial score (nSPS) is 10.4. The Labute approximate surface area is 158 Å². The summed E-state index contributed by atoms with van der Waals surface area (Å²) in [6, 6.07) is 9.44. The van der Waals surface area contributed by atoms with Crippen LogP contribution in [0.25, 0.3) is 11.3 Å². The molecule has 0 unspecified atom stereocenters. The molecule has 0 aliphatic rings. The molecule has 0 saturated carbocycles. The zero-order valence-corrected chi connectivity index (χ0v) is 15.1. The molecule has 3 aromatic rings. The fourth-order valence-electron chi connectivity index (χ4n) is 2.20. The zero-order valence-electron chi connectivity index (χ0n) is 13.6. The number of ether oxygens (including phenoxy) is 1. The summed E-state index contributed by atoms with van der Waals surface area (Å²) in [7, 11) is 1.52. The number of aldehydes is 1. The minimum Gasteiger partial charge on any atom is -0.480 e. The highest BCUT2D eigenvalue weighted by Crippen LogP contribution is 2.31. The third-order valence-electron chi connectivity index (χ3n) is 3.42. The summed E-state index contributed by atoms with van der Waals surface area (Å²) in [5.41, 5.74) is 1.74. The van der Waals surface area contributed by atoms with E-state index in [-0.39, 0.29) is 5.56 Å². The van der Waals surface area contributed by atoms with Gasteiger partial charge >= 0.3 is 0 Å². The Balaban J connectivity index is 1.82. The van der Waals surface area contributed by atoms with Gasteiger partial charge in [0.2, 0.25) is 5.88 Å². The predicted octanol–water partition coefficient (Wildman–Crippen LogP) is 4.88. The van der Waals surface area contributed by atoms with Crippen LogP contribution in [-0.2, 0) is 0 Å². The monoisotopic (exact) mass is 389 g/mol. The standard InChI is InChI=1S/C18H13ClFN3O2S/c1-25-18-17(7-12(19)9-22-18)26-23-13-4-5-21-16(8-13)14-3-2-11(10-24)6-15(14)20/h2-10H,1H3,(H,21,23). The third kappa shape index (κ3) is 4.12. The van der Waals surface area contributed by atoms with Crippen molar-refractivity contribution in [3.8, 4) is 17.1 Å². The Morgan fingerprint density at radius 3 is 2.81 bits per heavy atom. The zero-order chi connectivity index (χ0) is 18.5. The molecule has 3 rings (SSSR count). The van der Waals surface area contributed by atoms with Crippen molar-refractivity contribution >= 4 is 35.5 Å². The molecule has 0 amide bonds. The molecular formula is C18H13ClFN3O2S. The number of nitrogens with zero attached hydrogens (tertiary/aromatic N) is 2. The molecule has 0 aliphatic heterocycles. The van der Waals surface area contributed by atoms with E-state index in [1.165, 1.54) is 37.4 Å². The minimum atomic E-state index is -0.507. The topological polar surface area (TPSA) is 64.1 Å². The molecule has 5 nitrogen and oxygen atoms in total. The Kier molecular flexibility index (Phi) is 5.70. The maximum absolute atomic E-state index is 14.2. The van der Waals surface area contributed by atoms with E-state index in [9.17, 15) is 9.18 Å². The highest BCUT2D eigenvalue weighted by molar-refractivity contribution is 8.00. The fourth-order valence-corrected chi connectivity index (χ4v) is 3.19. The molecule has 0 fully saturated rings. The summed E-state index contributed by atoms with van der Waals surface area (Å²) in [4.78, 5) is 19.7. The van der Waals surface area contributed by atoms with E-state index in [1.54, 1.807) is 30.5 Å². The van der Waals surface area contributed by atoms with Crippen LogP contribution < -0.4 is 9.46 Å². The van der Waals surface area contributed by atoms with Gasteiger partial charge in [0.25, 0.3) is 0 Å². The third-order valence-corrected chi connectivity index (χ3v) is 4.48. The molecule has 0 radical (unpaired) electrons. The summed E-state index contributed by atoms with van der Waals surface area (Å²) < 4.78 is 22.5. The average molecular weight is 390 g/mol. The predicted molar refractivity (Wildman–Crippen MR) is 100 cm³/mol. The fraction of sp³-hybridized carbons (Fsp3) is 0.0556. The summed E-state index contributed by atoms with van der Waals surface area (Å²) in [5, 5.41) is 0.489. The van der Waals surface area contributed by atoms with Gasteiger partial charge in [-0.2, -0.15) is 0 Å². The maximum atomic E-state index is 14.2. The lowest BCUT2D eigenvalue weighted by Crippen LogP contribution is -1.95. The van der Waals surface area contributed by atoms with Crippen LogP contribution in [0.5, 0.6) is 5.88 Å². The number of carbonyl (C=O) groups excluding carboxylic acids is 1. The van der Waals surface area contributed by atoms with Crippen molar-refractivity contribution in [1.29, 1.82) is 0 Å². The summed E-state index contributed by atoms with van der Waals surface area (Å²) >= 11 is 7.23. The van der Waals surface area contributed by atoms with Crippen LogP contribution in [0.3, 0.4) is 0 Å². The lowest BCUT2D eigenvalue weighted by Gasteiger charge is -2.10. The molecule has 0 bridgehead atoms. The molecule has 2 aromatic heterocycles. The molecule has 26 heavy (non-hydrogen) atoms. The van der Waals surface area contributed by atoms with Crippen molar-refractivity contribution in [2.45, 2.75) is 4.90 Å². The van der Waals surface area contributed by atoms with E-state index in [4.69, 9.17) is 16.3 Å². The molecule has 0 saturated heterocycles. The second kappa shape index (κ2) is 8.16. The van der Waals surface area contributed by atoms with E-state index >= 15 is 0 Å². The van der Waals surface area contributed by atoms with Crippen LogP contribution in [0.4, 0.5) is 10.1 Å². The largest absolute Gasteiger partial charge is 0.480 e. The molecule has 8 heteroatoms. The highest BCUT2D eigenvalue weighted by Gasteiger charge is 2.10. The number of nitrogens with one attached hydrogen (secondary N) is 1. The maximum Gasteiger partial charge on any atom is 0.228 e. The Hall–Kier alpha value is -2.64. The Morgan fingerprint density at radius 2 is 2.08 bits per heavy atom. The smallest absolute Gasteiger partial charge is 0.228 e. The first kappa shape index (κ1) is 18.2. The van der Waals surface area contributed by atoms with E-state index in [1.807, 2.05) is 0 Å². The first-order chi connectivity index (χ1) is 12.6. The van der Waals surface area contributed by atoms with Crippen molar-refractivity contribution < 1.29 is 13.9 Å². The van der Waals surface area contributed by atoms with Crippen LogP contribution in [0, 0.1) is 5.82 Å². The second-order valence-electron chi connectivity index (χ2n) is 5.15. The number of halogens is 2. The lowest BCUT2D eigenvalue weighted by molar-refractivity contribution is 0.112. The molecule has 0 aliphatic carbocycles. The first-order valence-corrected chi connectivity index (χ1v) is 8.63. The number of methoxy groups -OCH3 is 1. The molecule has 1 aromatic carbocycles. The van der Waals surface area contributed by atoms with Gasteiger partial charge in [0, 0.05) is 29.2 Å². The van der Waals surface area contributed by atoms with Crippen molar-refractivity contribution in [3.05, 3.63) is 65.2 Å².